The van der Waals surface area contributed by atoms with Crippen molar-refractivity contribution in [1.82, 2.24) is 28.9 Å². The summed E-state index contributed by atoms with van der Waals surface area (Å²) in [6.07, 6.45) is 11.3. The summed E-state index contributed by atoms with van der Waals surface area (Å²) in [5.74, 6) is 1.40. The van der Waals surface area contributed by atoms with E-state index in [0.717, 1.165) is 57.9 Å². The molecule has 2 aliphatic rings. The third kappa shape index (κ3) is 2.96. The van der Waals surface area contributed by atoms with Gasteiger partial charge in [0.1, 0.15) is 5.82 Å². The van der Waals surface area contributed by atoms with Crippen LogP contribution >= 0.6 is 0 Å². The van der Waals surface area contributed by atoms with Crippen molar-refractivity contribution in [2.24, 2.45) is 12.5 Å². The number of amides is 1. The molecule has 1 aliphatic carbocycles. The molecule has 0 bridgehead atoms. The summed E-state index contributed by atoms with van der Waals surface area (Å²) in [5, 5.41) is 0. The second-order valence-electron chi connectivity index (χ2n) is 7.04. The van der Waals surface area contributed by atoms with Gasteiger partial charge in [-0.25, -0.2) is 9.97 Å². The molecule has 0 unspecified atom stereocenters. The number of nitrogens with zero attached hydrogens (tertiary/aromatic N) is 6. The van der Waals surface area contributed by atoms with Gasteiger partial charge >= 0.3 is 0 Å². The zero-order valence-corrected chi connectivity index (χ0v) is 14.1. The van der Waals surface area contributed by atoms with Crippen LogP contribution in [-0.2, 0) is 24.9 Å². The monoisotopic (exact) mass is 328 g/mol. The first-order valence-electron chi connectivity index (χ1n) is 8.60. The molecule has 2 fully saturated rings. The topological polar surface area (TPSA) is 59.2 Å². The smallest absolute Gasteiger partial charge is 0.230 e. The van der Waals surface area contributed by atoms with E-state index in [2.05, 4.69) is 24.3 Å². The number of imidazole rings is 2. The standard InChI is InChI=1S/C17H24N6O/c1-20-6-5-19-15(20)12-21-8-10-23(11-9-21)16(24)17(2-3-17)13-22-7-4-18-14-22/h4-7,14H,2-3,8-13H2,1H3. The molecule has 0 N–H and O–H groups in total. The van der Waals surface area contributed by atoms with Crippen LogP contribution in [0.2, 0.25) is 0 Å². The Morgan fingerprint density at radius 3 is 2.54 bits per heavy atom. The molecule has 0 radical (unpaired) electrons. The molecule has 1 amide bonds. The van der Waals surface area contributed by atoms with Crippen molar-refractivity contribution in [3.05, 3.63) is 36.9 Å². The van der Waals surface area contributed by atoms with Crippen LogP contribution in [0, 0.1) is 5.41 Å². The summed E-state index contributed by atoms with van der Waals surface area (Å²) in [5.41, 5.74) is -0.178. The fourth-order valence-electron chi connectivity index (χ4n) is 3.51. The Morgan fingerprint density at radius 1 is 1.17 bits per heavy atom. The molecule has 1 saturated carbocycles. The maximum absolute atomic E-state index is 12.9. The first-order chi connectivity index (χ1) is 11.7. The zero-order chi connectivity index (χ0) is 16.6. The minimum absolute atomic E-state index is 0.178. The van der Waals surface area contributed by atoms with Gasteiger partial charge in [-0.15, -0.1) is 0 Å². The Morgan fingerprint density at radius 2 is 1.96 bits per heavy atom. The van der Waals surface area contributed by atoms with E-state index in [1.165, 1.54) is 0 Å². The quantitative estimate of drug-likeness (QED) is 0.812. The van der Waals surface area contributed by atoms with E-state index in [-0.39, 0.29) is 5.41 Å². The summed E-state index contributed by atoms with van der Waals surface area (Å²) in [7, 11) is 2.02. The Bertz CT molecular complexity index is 694. The van der Waals surface area contributed by atoms with Crippen LogP contribution in [0.1, 0.15) is 18.7 Å². The van der Waals surface area contributed by atoms with E-state index in [0.29, 0.717) is 5.91 Å². The summed E-state index contributed by atoms with van der Waals surface area (Å²) < 4.78 is 4.09. The van der Waals surface area contributed by atoms with Gasteiger partial charge in [0, 0.05) is 64.6 Å². The number of aromatic nitrogens is 4. The fraction of sp³-hybridized carbons (Fsp3) is 0.588. The lowest BCUT2D eigenvalue weighted by Gasteiger charge is -2.36. The first kappa shape index (κ1) is 15.4. The first-order valence-corrected chi connectivity index (χ1v) is 8.60. The predicted octanol–water partition coefficient (Wildman–Crippen LogP) is 0.741. The van der Waals surface area contributed by atoms with Gasteiger partial charge in [-0.2, -0.15) is 0 Å². The molecule has 0 aromatic carbocycles. The zero-order valence-electron chi connectivity index (χ0n) is 14.1. The van der Waals surface area contributed by atoms with Gasteiger partial charge in [0.25, 0.3) is 0 Å². The minimum atomic E-state index is -0.178. The number of carbonyl (C=O) groups excluding carboxylic acids is 1. The molecule has 3 heterocycles. The highest BCUT2D eigenvalue weighted by molar-refractivity contribution is 5.85. The molecular weight excluding hydrogens is 304 g/mol. The summed E-state index contributed by atoms with van der Waals surface area (Å²) in [6.45, 7) is 5.08. The predicted molar refractivity (Wildman–Crippen MR) is 89.0 cm³/mol. The van der Waals surface area contributed by atoms with Gasteiger partial charge in [0.2, 0.25) is 5.91 Å². The summed E-state index contributed by atoms with van der Waals surface area (Å²) >= 11 is 0. The van der Waals surface area contributed by atoms with Crippen molar-refractivity contribution in [3.63, 3.8) is 0 Å². The number of aryl methyl sites for hydroxylation is 1. The van der Waals surface area contributed by atoms with Crippen molar-refractivity contribution in [2.45, 2.75) is 25.9 Å². The third-order valence-electron chi connectivity index (χ3n) is 5.30. The third-order valence-corrected chi connectivity index (χ3v) is 5.30. The van der Waals surface area contributed by atoms with Crippen LogP contribution in [0.15, 0.2) is 31.1 Å². The van der Waals surface area contributed by atoms with Crippen LogP contribution in [0.4, 0.5) is 0 Å². The molecule has 24 heavy (non-hydrogen) atoms. The van der Waals surface area contributed by atoms with Crippen molar-refractivity contribution in [2.75, 3.05) is 26.2 Å². The maximum Gasteiger partial charge on any atom is 0.230 e. The van der Waals surface area contributed by atoms with Crippen molar-refractivity contribution in [1.29, 1.82) is 0 Å². The largest absolute Gasteiger partial charge is 0.340 e. The molecule has 2 aromatic rings. The van der Waals surface area contributed by atoms with E-state index in [9.17, 15) is 4.79 Å². The molecule has 2 aromatic heterocycles. The van der Waals surface area contributed by atoms with Gasteiger partial charge in [-0.1, -0.05) is 0 Å². The molecule has 0 spiro atoms. The van der Waals surface area contributed by atoms with Gasteiger partial charge in [0.15, 0.2) is 0 Å². The minimum Gasteiger partial charge on any atom is -0.340 e. The van der Waals surface area contributed by atoms with Crippen LogP contribution in [-0.4, -0.2) is 61.0 Å². The van der Waals surface area contributed by atoms with E-state index < -0.39 is 0 Å². The van der Waals surface area contributed by atoms with E-state index in [1.54, 1.807) is 12.5 Å². The molecule has 7 heteroatoms. The molecular formula is C17H24N6O. The molecule has 7 nitrogen and oxygen atoms in total. The molecule has 1 aliphatic heterocycles. The van der Waals surface area contributed by atoms with Crippen molar-refractivity contribution < 1.29 is 4.79 Å². The maximum atomic E-state index is 12.9. The van der Waals surface area contributed by atoms with Gasteiger partial charge in [-0.05, 0) is 12.8 Å². The Labute approximate surface area is 141 Å². The number of carbonyl (C=O) groups is 1. The molecule has 1 saturated heterocycles. The van der Waals surface area contributed by atoms with Crippen LogP contribution in [0.25, 0.3) is 0 Å². The van der Waals surface area contributed by atoms with Gasteiger partial charge < -0.3 is 14.0 Å². The molecule has 128 valence electrons. The second kappa shape index (κ2) is 6.05. The van der Waals surface area contributed by atoms with E-state index in [1.807, 2.05) is 30.2 Å². The lowest BCUT2D eigenvalue weighted by atomic mass is 10.0. The lowest BCUT2D eigenvalue weighted by Crippen LogP contribution is -2.51. The number of hydrogen-bond donors (Lipinski definition) is 0. The highest BCUT2D eigenvalue weighted by Crippen LogP contribution is 2.48. The van der Waals surface area contributed by atoms with Crippen molar-refractivity contribution >= 4 is 5.91 Å². The molecule has 4 rings (SSSR count). The Kier molecular flexibility index (Phi) is 3.88. The van der Waals surface area contributed by atoms with Crippen molar-refractivity contribution in [3.8, 4) is 0 Å². The summed E-state index contributed by atoms with van der Waals surface area (Å²) in [6, 6.07) is 0. The summed E-state index contributed by atoms with van der Waals surface area (Å²) in [4.78, 5) is 25.8. The Hall–Kier alpha value is -2.15. The SMILES string of the molecule is Cn1ccnc1CN1CCN(C(=O)C2(Cn3ccnc3)CC2)CC1. The average molecular weight is 328 g/mol. The van der Waals surface area contributed by atoms with E-state index in [4.69, 9.17) is 0 Å². The number of rotatable bonds is 5. The number of piperazine rings is 1. The fourth-order valence-corrected chi connectivity index (χ4v) is 3.51. The van der Waals surface area contributed by atoms with Crippen LogP contribution in [0.5, 0.6) is 0 Å². The Balaban J connectivity index is 1.32. The molecule has 0 atom stereocenters. The second-order valence-corrected chi connectivity index (χ2v) is 7.04. The lowest BCUT2D eigenvalue weighted by molar-refractivity contribution is -0.139. The average Bonchev–Trinajstić information content (AvgIpc) is 2.98. The highest BCUT2D eigenvalue weighted by atomic mass is 16.2. The van der Waals surface area contributed by atoms with Gasteiger partial charge in [-0.3, -0.25) is 9.69 Å². The highest BCUT2D eigenvalue weighted by Gasteiger charge is 2.52. The van der Waals surface area contributed by atoms with Gasteiger partial charge in [0.05, 0.1) is 18.3 Å². The van der Waals surface area contributed by atoms with E-state index >= 15 is 0 Å². The van der Waals surface area contributed by atoms with Crippen LogP contribution in [0.3, 0.4) is 0 Å². The normalized spacial score (nSPS) is 20.3. The van der Waals surface area contributed by atoms with Crippen LogP contribution < -0.4 is 0 Å². The number of hydrogen-bond acceptors (Lipinski definition) is 4.